The molecule has 0 aromatic rings. The number of ether oxygens (including phenoxy) is 2. The van der Waals surface area contributed by atoms with Gasteiger partial charge >= 0.3 is 5.97 Å². The van der Waals surface area contributed by atoms with Crippen LogP contribution in [0.3, 0.4) is 0 Å². The molecule has 0 unspecified atom stereocenters. The van der Waals surface area contributed by atoms with E-state index in [2.05, 4.69) is 19.9 Å². The molecule has 1 aliphatic rings. The minimum absolute atomic E-state index is 0. The van der Waals surface area contributed by atoms with Crippen molar-refractivity contribution in [3.63, 3.8) is 0 Å². The fourth-order valence-corrected chi connectivity index (χ4v) is 2.25. The Labute approximate surface area is 144 Å². The number of likely N-dealkylation sites (tertiary alicyclic amines) is 1. The Balaban J connectivity index is 0.00000400. The zero-order valence-electron chi connectivity index (χ0n) is 13.3. The number of carbonyl (C=O) groups is 1. The van der Waals surface area contributed by atoms with Gasteiger partial charge in [-0.1, -0.05) is 0 Å². The number of rotatable bonds is 6. The van der Waals surface area contributed by atoms with Crippen LogP contribution in [0.4, 0.5) is 0 Å². The van der Waals surface area contributed by atoms with Crippen molar-refractivity contribution in [1.82, 2.24) is 10.2 Å². The second kappa shape index (κ2) is 12.0. The van der Waals surface area contributed by atoms with E-state index in [0.29, 0.717) is 19.1 Å². The van der Waals surface area contributed by atoms with Crippen molar-refractivity contribution in [3.8, 4) is 0 Å². The van der Waals surface area contributed by atoms with E-state index in [0.717, 1.165) is 45.0 Å². The zero-order valence-corrected chi connectivity index (χ0v) is 15.6. The van der Waals surface area contributed by atoms with Crippen molar-refractivity contribution in [3.05, 3.63) is 0 Å². The molecule has 0 atom stereocenters. The van der Waals surface area contributed by atoms with Gasteiger partial charge in [-0.3, -0.25) is 9.79 Å². The van der Waals surface area contributed by atoms with Crippen molar-refractivity contribution in [2.75, 3.05) is 39.9 Å². The fraction of sp³-hybridized carbons (Fsp3) is 0.857. The Morgan fingerprint density at radius 2 is 2.00 bits per heavy atom. The van der Waals surface area contributed by atoms with Crippen LogP contribution >= 0.6 is 24.0 Å². The smallest absolute Gasteiger partial charge is 0.307 e. The van der Waals surface area contributed by atoms with Gasteiger partial charge in [-0.25, -0.2) is 0 Å². The van der Waals surface area contributed by atoms with Gasteiger partial charge in [-0.05, 0) is 26.7 Å². The summed E-state index contributed by atoms with van der Waals surface area (Å²) in [4.78, 5) is 17.8. The van der Waals surface area contributed by atoms with Gasteiger partial charge in [-0.2, -0.15) is 0 Å². The van der Waals surface area contributed by atoms with Crippen molar-refractivity contribution < 1.29 is 14.3 Å². The average Bonchev–Trinajstić information content (AvgIpc) is 2.47. The molecule has 0 amide bonds. The maximum atomic E-state index is 11.1. The van der Waals surface area contributed by atoms with Gasteiger partial charge in [-0.15, -0.1) is 24.0 Å². The van der Waals surface area contributed by atoms with Crippen molar-refractivity contribution in [2.24, 2.45) is 4.99 Å². The lowest BCUT2D eigenvalue weighted by Crippen LogP contribution is -2.47. The maximum Gasteiger partial charge on any atom is 0.307 e. The summed E-state index contributed by atoms with van der Waals surface area (Å²) in [5.74, 6) is 0.658. The van der Waals surface area contributed by atoms with Gasteiger partial charge in [0.05, 0.1) is 26.2 Å². The number of nitrogens with zero attached hydrogens (tertiary/aromatic N) is 2. The van der Waals surface area contributed by atoms with Gasteiger partial charge in [0.25, 0.3) is 0 Å². The van der Waals surface area contributed by atoms with Crippen molar-refractivity contribution >= 4 is 35.9 Å². The van der Waals surface area contributed by atoms with E-state index < -0.39 is 0 Å². The van der Waals surface area contributed by atoms with E-state index in [-0.39, 0.29) is 29.9 Å². The zero-order chi connectivity index (χ0) is 14.8. The summed E-state index contributed by atoms with van der Waals surface area (Å²) < 4.78 is 10.3. The third kappa shape index (κ3) is 7.85. The van der Waals surface area contributed by atoms with Crippen LogP contribution in [0.25, 0.3) is 0 Å². The molecule has 0 spiro atoms. The van der Waals surface area contributed by atoms with Crippen LogP contribution in [0.2, 0.25) is 0 Å². The number of aliphatic imine (C=N–C) groups is 1. The van der Waals surface area contributed by atoms with Crippen LogP contribution in [0, 0.1) is 0 Å². The predicted octanol–water partition coefficient (Wildman–Crippen LogP) is 1.63. The quantitative estimate of drug-likeness (QED) is 0.311. The molecule has 0 saturated carbocycles. The highest BCUT2D eigenvalue weighted by molar-refractivity contribution is 14.0. The summed E-state index contributed by atoms with van der Waals surface area (Å²) in [5.41, 5.74) is 0. The highest BCUT2D eigenvalue weighted by Gasteiger charge is 2.21. The molecule has 1 heterocycles. The first kappa shape index (κ1) is 20.4. The molecule has 21 heavy (non-hydrogen) atoms. The Morgan fingerprint density at radius 1 is 1.33 bits per heavy atom. The predicted molar refractivity (Wildman–Crippen MR) is 94.2 cm³/mol. The monoisotopic (exact) mass is 413 g/mol. The minimum atomic E-state index is -0.223. The minimum Gasteiger partial charge on any atom is -0.469 e. The van der Waals surface area contributed by atoms with E-state index in [1.807, 2.05) is 13.8 Å². The molecule has 0 aliphatic carbocycles. The molecule has 6 nitrogen and oxygen atoms in total. The van der Waals surface area contributed by atoms with Crippen LogP contribution in [0.5, 0.6) is 0 Å². The third-order valence-corrected chi connectivity index (χ3v) is 3.28. The van der Waals surface area contributed by atoms with Gasteiger partial charge < -0.3 is 19.7 Å². The van der Waals surface area contributed by atoms with E-state index >= 15 is 0 Å². The summed E-state index contributed by atoms with van der Waals surface area (Å²) in [6.07, 6.45) is 2.74. The molecule has 1 aliphatic heterocycles. The molecule has 1 N–H and O–H groups in total. The first-order valence-corrected chi connectivity index (χ1v) is 7.42. The molecule has 0 aromatic carbocycles. The Hall–Kier alpha value is -0.570. The highest BCUT2D eigenvalue weighted by Crippen LogP contribution is 2.13. The lowest BCUT2D eigenvalue weighted by atomic mass is 10.1. The van der Waals surface area contributed by atoms with Crippen LogP contribution in [-0.2, 0) is 14.3 Å². The van der Waals surface area contributed by atoms with Gasteiger partial charge in [0, 0.05) is 26.2 Å². The summed E-state index contributed by atoms with van der Waals surface area (Å²) in [5, 5.41) is 3.27. The van der Waals surface area contributed by atoms with E-state index in [1.165, 1.54) is 7.11 Å². The molecular formula is C14H28IN3O3. The third-order valence-electron chi connectivity index (χ3n) is 3.28. The summed E-state index contributed by atoms with van der Waals surface area (Å²) in [6.45, 7) is 8.01. The first-order valence-electron chi connectivity index (χ1n) is 7.42. The second-order valence-electron chi connectivity index (χ2n) is 4.70. The summed E-state index contributed by atoms with van der Waals surface area (Å²) in [7, 11) is 1.40. The topological polar surface area (TPSA) is 63.2 Å². The number of esters is 1. The normalized spacial score (nSPS) is 16.3. The van der Waals surface area contributed by atoms with Crippen LogP contribution < -0.4 is 5.32 Å². The van der Waals surface area contributed by atoms with Crippen LogP contribution in [0.15, 0.2) is 4.99 Å². The number of methoxy groups -OCH3 is 1. The number of piperidine rings is 1. The van der Waals surface area contributed by atoms with E-state index in [4.69, 9.17) is 4.74 Å². The Morgan fingerprint density at radius 3 is 2.52 bits per heavy atom. The van der Waals surface area contributed by atoms with Crippen LogP contribution in [-0.4, -0.2) is 62.8 Å². The average molecular weight is 413 g/mol. The van der Waals surface area contributed by atoms with Crippen molar-refractivity contribution in [1.29, 1.82) is 0 Å². The van der Waals surface area contributed by atoms with Gasteiger partial charge in [0.2, 0.25) is 0 Å². The summed E-state index contributed by atoms with van der Waals surface area (Å²) >= 11 is 0. The fourth-order valence-electron chi connectivity index (χ4n) is 2.25. The largest absolute Gasteiger partial charge is 0.469 e. The molecule has 1 fully saturated rings. The van der Waals surface area contributed by atoms with Crippen LogP contribution in [0.1, 0.15) is 33.1 Å². The lowest BCUT2D eigenvalue weighted by molar-refractivity contribution is -0.140. The highest BCUT2D eigenvalue weighted by atomic mass is 127. The number of carbonyl (C=O) groups excluding carboxylic acids is 1. The molecule has 0 radical (unpaired) electrons. The van der Waals surface area contributed by atoms with E-state index in [1.54, 1.807) is 0 Å². The number of nitrogens with one attached hydrogen (secondary N) is 1. The number of guanidine groups is 1. The molecule has 0 bridgehead atoms. The molecule has 124 valence electrons. The second-order valence-corrected chi connectivity index (χ2v) is 4.70. The molecule has 7 heteroatoms. The molecule has 1 saturated heterocycles. The number of hydrogen-bond acceptors (Lipinski definition) is 4. The maximum absolute atomic E-state index is 11.1. The molecule has 0 aromatic heterocycles. The first-order chi connectivity index (χ1) is 9.71. The molecule has 1 rings (SSSR count). The Bertz CT molecular complexity index is 319. The van der Waals surface area contributed by atoms with Gasteiger partial charge in [0.1, 0.15) is 0 Å². The standard InChI is InChI=1S/C14H27N3O3.HI/c1-4-15-14(16-9-6-13(18)19-3)17-10-7-12(8-11-17)20-5-2;/h12H,4-11H2,1-3H3,(H,15,16);1H. The van der Waals surface area contributed by atoms with Crippen molar-refractivity contribution in [2.45, 2.75) is 39.2 Å². The SMILES string of the molecule is CCNC(=NCCC(=O)OC)N1CCC(OCC)CC1.I. The summed E-state index contributed by atoms with van der Waals surface area (Å²) in [6, 6.07) is 0. The van der Waals surface area contributed by atoms with Gasteiger partial charge in [0.15, 0.2) is 5.96 Å². The Kier molecular flexibility index (Phi) is 11.7. The number of hydrogen-bond donors (Lipinski definition) is 1. The van der Waals surface area contributed by atoms with E-state index in [9.17, 15) is 4.79 Å². The lowest BCUT2D eigenvalue weighted by Gasteiger charge is -2.34. The molecular weight excluding hydrogens is 385 g/mol. The number of halogens is 1.